The summed E-state index contributed by atoms with van der Waals surface area (Å²) in [5.41, 5.74) is 1.71. The normalized spacial score (nSPS) is 18.1. The van der Waals surface area contributed by atoms with Crippen molar-refractivity contribution in [3.8, 4) is 0 Å². The minimum atomic E-state index is -3.47. The molecule has 6 nitrogen and oxygen atoms in total. The second kappa shape index (κ2) is 8.29. The first-order valence-electron chi connectivity index (χ1n) is 8.94. The lowest BCUT2D eigenvalue weighted by Crippen LogP contribution is -3.15. The van der Waals surface area contributed by atoms with Gasteiger partial charge in [-0.2, -0.15) is 4.31 Å². The molecular weight excluding hydrogens is 338 g/mol. The summed E-state index contributed by atoms with van der Waals surface area (Å²) in [6.07, 6.45) is 0.906. The molecule has 7 heteroatoms. The Labute approximate surface area is 151 Å². The highest BCUT2D eigenvalue weighted by molar-refractivity contribution is 7.89. The number of quaternary nitrogens is 1. The van der Waals surface area contributed by atoms with Crippen molar-refractivity contribution < 1.29 is 18.1 Å². The zero-order chi connectivity index (χ0) is 18.6. The summed E-state index contributed by atoms with van der Waals surface area (Å²) in [4.78, 5) is 13.5. The number of rotatable bonds is 6. The van der Waals surface area contributed by atoms with E-state index < -0.39 is 10.0 Å². The van der Waals surface area contributed by atoms with Crippen LogP contribution in [0.3, 0.4) is 0 Å². The fourth-order valence-electron chi connectivity index (χ4n) is 3.00. The van der Waals surface area contributed by atoms with E-state index in [1.165, 1.54) is 0 Å². The lowest BCUT2D eigenvalue weighted by molar-refractivity contribution is -0.895. The van der Waals surface area contributed by atoms with Gasteiger partial charge in [-0.1, -0.05) is 19.1 Å². The van der Waals surface area contributed by atoms with Gasteiger partial charge in [0, 0.05) is 6.04 Å². The molecule has 1 aliphatic heterocycles. The number of carbonyl (C=O) groups excluding carboxylic acids is 1. The first-order chi connectivity index (χ1) is 11.7. The predicted molar refractivity (Wildman–Crippen MR) is 98.1 cm³/mol. The average molecular weight is 369 g/mol. The van der Waals surface area contributed by atoms with Crippen molar-refractivity contribution in [1.29, 1.82) is 0 Å². The zero-order valence-corrected chi connectivity index (χ0v) is 16.4. The van der Waals surface area contributed by atoms with Crippen LogP contribution < -0.4 is 10.2 Å². The van der Waals surface area contributed by atoms with Crippen molar-refractivity contribution in [2.24, 2.45) is 0 Å². The van der Waals surface area contributed by atoms with Crippen LogP contribution in [-0.4, -0.2) is 57.4 Å². The van der Waals surface area contributed by atoms with Crippen LogP contribution in [0.25, 0.3) is 0 Å². The van der Waals surface area contributed by atoms with Gasteiger partial charge in [0.05, 0.1) is 31.1 Å². The highest BCUT2D eigenvalue weighted by atomic mass is 32.2. The van der Waals surface area contributed by atoms with Crippen LogP contribution in [0.2, 0.25) is 0 Å². The van der Waals surface area contributed by atoms with Crippen molar-refractivity contribution in [1.82, 2.24) is 9.62 Å². The van der Waals surface area contributed by atoms with Gasteiger partial charge in [-0.25, -0.2) is 8.42 Å². The van der Waals surface area contributed by atoms with Crippen molar-refractivity contribution in [2.75, 3.05) is 32.7 Å². The van der Waals surface area contributed by atoms with E-state index in [2.05, 4.69) is 5.32 Å². The summed E-state index contributed by atoms with van der Waals surface area (Å²) in [5.74, 6) is 0.0372. The van der Waals surface area contributed by atoms with Crippen LogP contribution in [0, 0.1) is 13.8 Å². The van der Waals surface area contributed by atoms with Crippen LogP contribution in [0.5, 0.6) is 0 Å². The fourth-order valence-corrected chi connectivity index (χ4v) is 4.75. The topological polar surface area (TPSA) is 70.9 Å². The number of nitrogens with one attached hydrogen (secondary N) is 2. The number of aryl methyl sites for hydroxylation is 2. The summed E-state index contributed by atoms with van der Waals surface area (Å²) >= 11 is 0. The molecule has 1 aliphatic rings. The Kier molecular flexibility index (Phi) is 6.59. The lowest BCUT2D eigenvalue weighted by atomic mass is 10.2. The van der Waals surface area contributed by atoms with Gasteiger partial charge in [-0.15, -0.1) is 0 Å². The van der Waals surface area contributed by atoms with Gasteiger partial charge in [-0.3, -0.25) is 4.79 Å². The van der Waals surface area contributed by atoms with Gasteiger partial charge in [0.15, 0.2) is 6.54 Å². The van der Waals surface area contributed by atoms with Crippen molar-refractivity contribution in [3.63, 3.8) is 0 Å². The first kappa shape index (κ1) is 19.9. The van der Waals surface area contributed by atoms with Gasteiger partial charge in [-0.05, 0) is 44.4 Å². The van der Waals surface area contributed by atoms with Crippen LogP contribution in [0.15, 0.2) is 23.1 Å². The van der Waals surface area contributed by atoms with Crippen LogP contribution in [-0.2, 0) is 14.8 Å². The number of piperazine rings is 1. The average Bonchev–Trinajstić information content (AvgIpc) is 2.57. The lowest BCUT2D eigenvalue weighted by Gasteiger charge is -2.31. The Morgan fingerprint density at radius 3 is 2.52 bits per heavy atom. The van der Waals surface area contributed by atoms with Gasteiger partial charge in [0.25, 0.3) is 5.91 Å². The summed E-state index contributed by atoms with van der Waals surface area (Å²) in [7, 11) is -3.47. The van der Waals surface area contributed by atoms with Crippen LogP contribution in [0.1, 0.15) is 31.4 Å². The predicted octanol–water partition coefficient (Wildman–Crippen LogP) is 0.107. The number of sulfonamides is 1. The SMILES string of the molecule is CC[C@@H](C)NC(=O)C[NH+]1CCN(S(=O)(=O)c2cc(C)ccc2C)CC1. The molecule has 2 N–H and O–H groups in total. The highest BCUT2D eigenvalue weighted by Crippen LogP contribution is 2.21. The van der Waals surface area contributed by atoms with Gasteiger partial charge < -0.3 is 10.2 Å². The molecular formula is C18H30N3O3S+. The molecule has 0 radical (unpaired) electrons. The Balaban J connectivity index is 1.97. The number of nitrogens with zero attached hydrogens (tertiary/aromatic N) is 1. The maximum Gasteiger partial charge on any atom is 0.275 e. The molecule has 1 aromatic carbocycles. The van der Waals surface area contributed by atoms with E-state index in [-0.39, 0.29) is 11.9 Å². The van der Waals surface area contributed by atoms with E-state index in [1.54, 1.807) is 10.4 Å². The smallest absolute Gasteiger partial charge is 0.275 e. The third-order valence-corrected chi connectivity index (χ3v) is 6.86. The Bertz CT molecular complexity index is 710. The van der Waals surface area contributed by atoms with Crippen molar-refractivity contribution in [2.45, 2.75) is 45.1 Å². The van der Waals surface area contributed by atoms with Crippen molar-refractivity contribution >= 4 is 15.9 Å². The highest BCUT2D eigenvalue weighted by Gasteiger charge is 2.32. The molecule has 1 atom stereocenters. The summed E-state index contributed by atoms with van der Waals surface area (Å²) in [6.45, 7) is 10.3. The number of hydrogen-bond acceptors (Lipinski definition) is 3. The molecule has 140 valence electrons. The number of benzene rings is 1. The Morgan fingerprint density at radius 2 is 1.92 bits per heavy atom. The Hall–Kier alpha value is -1.44. The third-order valence-electron chi connectivity index (χ3n) is 4.82. The molecule has 1 aromatic rings. The van der Waals surface area contributed by atoms with Gasteiger partial charge in [0.2, 0.25) is 10.0 Å². The second-order valence-electron chi connectivity index (χ2n) is 6.98. The standard InChI is InChI=1S/C18H29N3O3S/c1-5-16(4)19-18(22)13-20-8-10-21(11-9-20)25(23,24)17-12-14(2)6-7-15(17)3/h6-7,12,16H,5,8-11,13H2,1-4H3,(H,19,22)/p+1/t16-/m1/s1. The maximum atomic E-state index is 12.9. The number of hydrogen-bond donors (Lipinski definition) is 2. The fraction of sp³-hybridized carbons (Fsp3) is 0.611. The number of carbonyl (C=O) groups is 1. The molecule has 0 spiro atoms. The summed E-state index contributed by atoms with van der Waals surface area (Å²) in [5, 5.41) is 2.97. The molecule has 2 rings (SSSR count). The van der Waals surface area contributed by atoms with E-state index in [1.807, 2.05) is 39.8 Å². The second-order valence-corrected chi connectivity index (χ2v) is 8.88. The molecule has 1 fully saturated rings. The monoisotopic (exact) mass is 368 g/mol. The summed E-state index contributed by atoms with van der Waals surface area (Å²) in [6, 6.07) is 5.69. The van der Waals surface area contributed by atoms with Gasteiger partial charge in [0.1, 0.15) is 0 Å². The van der Waals surface area contributed by atoms with Crippen LogP contribution >= 0.6 is 0 Å². The van der Waals surface area contributed by atoms with E-state index in [9.17, 15) is 13.2 Å². The molecule has 0 aliphatic carbocycles. The minimum Gasteiger partial charge on any atom is -0.349 e. The van der Waals surface area contributed by atoms with E-state index in [4.69, 9.17) is 0 Å². The van der Waals surface area contributed by atoms with Gasteiger partial charge >= 0.3 is 0 Å². The quantitative estimate of drug-likeness (QED) is 0.749. The molecule has 0 unspecified atom stereocenters. The van der Waals surface area contributed by atoms with E-state index in [0.29, 0.717) is 37.6 Å². The third kappa shape index (κ3) is 5.03. The minimum absolute atomic E-state index is 0.0372. The molecule has 0 saturated carbocycles. The van der Waals surface area contributed by atoms with E-state index >= 15 is 0 Å². The first-order valence-corrected chi connectivity index (χ1v) is 10.4. The molecule has 1 amide bonds. The largest absolute Gasteiger partial charge is 0.349 e. The van der Waals surface area contributed by atoms with Crippen LogP contribution in [0.4, 0.5) is 0 Å². The molecule has 1 heterocycles. The molecule has 0 aromatic heterocycles. The maximum absolute atomic E-state index is 12.9. The zero-order valence-electron chi connectivity index (χ0n) is 15.6. The van der Waals surface area contributed by atoms with Crippen molar-refractivity contribution in [3.05, 3.63) is 29.3 Å². The van der Waals surface area contributed by atoms with E-state index in [0.717, 1.165) is 22.4 Å². The summed E-state index contributed by atoms with van der Waals surface area (Å²) < 4.78 is 27.4. The molecule has 0 bridgehead atoms. The number of amides is 1. The Morgan fingerprint density at radius 1 is 1.28 bits per heavy atom. The molecule has 1 saturated heterocycles. The molecule has 25 heavy (non-hydrogen) atoms.